The summed E-state index contributed by atoms with van der Waals surface area (Å²) in [6.07, 6.45) is 1.82. The highest BCUT2D eigenvalue weighted by atomic mass is 127. The first-order valence-corrected chi connectivity index (χ1v) is 5.52. The summed E-state index contributed by atoms with van der Waals surface area (Å²) >= 11 is 9.07. The van der Waals surface area contributed by atoms with Gasteiger partial charge in [-0.05, 0) is 41.0 Å². The van der Waals surface area contributed by atoms with Gasteiger partial charge in [-0.2, -0.15) is 0 Å². The fourth-order valence-corrected chi connectivity index (χ4v) is 2.51. The van der Waals surface area contributed by atoms with E-state index < -0.39 is 0 Å². The molecule has 1 aromatic carbocycles. The molecule has 0 unspecified atom stereocenters. The average molecular weight is 303 g/mol. The molecular weight excluding hydrogens is 297 g/mol. The van der Waals surface area contributed by atoms with Crippen LogP contribution < -0.4 is 0 Å². The van der Waals surface area contributed by atoms with Crippen molar-refractivity contribution in [2.45, 2.75) is 4.90 Å². The zero-order chi connectivity index (χ0) is 8.43. The minimum Gasteiger partial charge on any atom is -0.204 e. The number of hydrogen-bond donors (Lipinski definition) is 0. The zero-order valence-corrected chi connectivity index (χ0v) is 9.43. The summed E-state index contributed by atoms with van der Waals surface area (Å²) in [5.41, 5.74) is 0. The van der Waals surface area contributed by atoms with E-state index in [-0.39, 0.29) is 10.8 Å². The lowest BCUT2D eigenvalue weighted by Gasteiger charge is -2.01. The Labute approximate surface area is 87.7 Å². The lowest BCUT2D eigenvalue weighted by Crippen LogP contribution is -1.83. The highest BCUT2D eigenvalue weighted by Gasteiger charge is 2.06. The van der Waals surface area contributed by atoms with E-state index in [0.717, 1.165) is 3.57 Å². The Morgan fingerprint density at radius 1 is 1.55 bits per heavy atom. The van der Waals surface area contributed by atoms with Crippen molar-refractivity contribution in [3.63, 3.8) is 0 Å². The highest BCUT2D eigenvalue weighted by Crippen LogP contribution is 2.27. The van der Waals surface area contributed by atoms with Crippen LogP contribution in [0.1, 0.15) is 0 Å². The van der Waals surface area contributed by atoms with E-state index in [2.05, 4.69) is 22.6 Å². The number of halogens is 3. The number of rotatable bonds is 1. The van der Waals surface area contributed by atoms with Crippen LogP contribution in [0.4, 0.5) is 4.39 Å². The third-order valence-corrected chi connectivity index (χ3v) is 2.81. The van der Waals surface area contributed by atoms with Crippen LogP contribution in [0.5, 0.6) is 0 Å². The Morgan fingerprint density at radius 2 is 2.18 bits per heavy atom. The topological polar surface area (TPSA) is 0 Å². The van der Waals surface area contributed by atoms with Crippen LogP contribution in [-0.2, 0) is 0 Å². The Morgan fingerprint density at radius 3 is 2.73 bits per heavy atom. The van der Waals surface area contributed by atoms with Crippen molar-refractivity contribution >= 4 is 46.0 Å². The molecule has 0 aliphatic rings. The van der Waals surface area contributed by atoms with Crippen molar-refractivity contribution < 1.29 is 4.39 Å². The van der Waals surface area contributed by atoms with Crippen LogP contribution in [0.3, 0.4) is 0 Å². The van der Waals surface area contributed by atoms with Crippen molar-refractivity contribution in [1.82, 2.24) is 0 Å². The van der Waals surface area contributed by atoms with Gasteiger partial charge in [0.25, 0.3) is 0 Å². The van der Waals surface area contributed by atoms with Gasteiger partial charge in [0.15, 0.2) is 5.82 Å². The standard InChI is InChI=1S/C7H5ClFIS/c1-11-6-3-4(10)2-5(8)7(6)9/h2-3H,1H3. The van der Waals surface area contributed by atoms with Crippen LogP contribution in [0.25, 0.3) is 0 Å². The summed E-state index contributed by atoms with van der Waals surface area (Å²) in [5.74, 6) is -0.320. The summed E-state index contributed by atoms with van der Waals surface area (Å²) in [6.45, 7) is 0. The van der Waals surface area contributed by atoms with E-state index in [0.29, 0.717) is 4.90 Å². The van der Waals surface area contributed by atoms with Crippen molar-refractivity contribution in [2.75, 3.05) is 6.26 Å². The smallest absolute Gasteiger partial charge is 0.155 e. The van der Waals surface area contributed by atoms with Crippen molar-refractivity contribution in [2.24, 2.45) is 0 Å². The molecule has 0 aromatic heterocycles. The second-order valence-electron chi connectivity index (χ2n) is 1.90. The SMILES string of the molecule is CSc1cc(I)cc(Cl)c1F. The summed E-state index contributed by atoms with van der Waals surface area (Å²) in [7, 11) is 0. The Balaban J connectivity index is 3.24. The number of hydrogen-bond acceptors (Lipinski definition) is 1. The predicted octanol–water partition coefficient (Wildman–Crippen LogP) is 3.81. The van der Waals surface area contributed by atoms with Gasteiger partial charge in [-0.1, -0.05) is 11.6 Å². The van der Waals surface area contributed by atoms with Crippen molar-refractivity contribution in [3.05, 3.63) is 26.5 Å². The lowest BCUT2D eigenvalue weighted by atomic mass is 10.3. The normalized spacial score (nSPS) is 10.2. The molecule has 0 heterocycles. The summed E-state index contributed by atoms with van der Waals surface area (Å²) in [5, 5.41) is 0.196. The van der Waals surface area contributed by atoms with Gasteiger partial charge >= 0.3 is 0 Å². The Bertz CT molecular complexity index is 277. The van der Waals surface area contributed by atoms with E-state index in [1.54, 1.807) is 12.1 Å². The average Bonchev–Trinajstić information content (AvgIpc) is 1.96. The van der Waals surface area contributed by atoms with Crippen LogP contribution in [-0.4, -0.2) is 6.26 Å². The third-order valence-electron chi connectivity index (χ3n) is 1.18. The Hall–Kier alpha value is 0.520. The second kappa shape index (κ2) is 3.96. The molecule has 1 aromatic rings. The molecule has 0 amide bonds. The van der Waals surface area contributed by atoms with Gasteiger partial charge in [0.2, 0.25) is 0 Å². The van der Waals surface area contributed by atoms with Crippen LogP contribution in [0.2, 0.25) is 5.02 Å². The van der Waals surface area contributed by atoms with Gasteiger partial charge in [-0.3, -0.25) is 0 Å². The van der Waals surface area contributed by atoms with Gasteiger partial charge in [-0.15, -0.1) is 11.8 Å². The molecule has 0 aliphatic carbocycles. The van der Waals surface area contributed by atoms with E-state index in [1.165, 1.54) is 11.8 Å². The minimum atomic E-state index is -0.320. The van der Waals surface area contributed by atoms with E-state index in [1.807, 2.05) is 6.26 Å². The Kier molecular flexibility index (Phi) is 3.46. The highest BCUT2D eigenvalue weighted by molar-refractivity contribution is 14.1. The first kappa shape index (κ1) is 9.61. The van der Waals surface area contributed by atoms with E-state index in [4.69, 9.17) is 11.6 Å². The van der Waals surface area contributed by atoms with Gasteiger partial charge in [0.05, 0.1) is 5.02 Å². The number of thioether (sulfide) groups is 1. The third kappa shape index (κ3) is 2.23. The van der Waals surface area contributed by atoms with Crippen LogP contribution in [0.15, 0.2) is 17.0 Å². The molecule has 0 bridgehead atoms. The molecule has 0 spiro atoms. The molecule has 0 saturated heterocycles. The first-order valence-electron chi connectivity index (χ1n) is 2.83. The van der Waals surface area contributed by atoms with E-state index >= 15 is 0 Å². The molecule has 1 rings (SSSR count). The minimum absolute atomic E-state index is 0.196. The van der Waals surface area contributed by atoms with Crippen molar-refractivity contribution in [1.29, 1.82) is 0 Å². The molecule has 0 N–H and O–H groups in total. The quantitative estimate of drug-likeness (QED) is 0.432. The second-order valence-corrected chi connectivity index (χ2v) is 4.40. The molecule has 0 radical (unpaired) electrons. The lowest BCUT2D eigenvalue weighted by molar-refractivity contribution is 0.602. The maximum atomic E-state index is 13.0. The molecule has 11 heavy (non-hydrogen) atoms. The first-order chi connectivity index (χ1) is 5.15. The number of benzene rings is 1. The van der Waals surface area contributed by atoms with Gasteiger partial charge in [0, 0.05) is 8.47 Å². The van der Waals surface area contributed by atoms with Gasteiger partial charge in [0.1, 0.15) is 0 Å². The molecule has 0 atom stereocenters. The molecule has 4 heteroatoms. The summed E-state index contributed by atoms with van der Waals surface area (Å²) < 4.78 is 14.0. The fourth-order valence-electron chi connectivity index (χ4n) is 0.681. The van der Waals surface area contributed by atoms with Crippen LogP contribution >= 0.6 is 46.0 Å². The molecule has 0 nitrogen and oxygen atoms in total. The maximum absolute atomic E-state index is 13.0. The zero-order valence-electron chi connectivity index (χ0n) is 5.70. The predicted molar refractivity (Wildman–Crippen MR) is 55.9 cm³/mol. The maximum Gasteiger partial charge on any atom is 0.155 e. The monoisotopic (exact) mass is 302 g/mol. The molecular formula is C7H5ClFIS. The fraction of sp³-hybridized carbons (Fsp3) is 0.143. The van der Waals surface area contributed by atoms with Crippen LogP contribution in [0, 0.1) is 9.39 Å². The molecule has 60 valence electrons. The van der Waals surface area contributed by atoms with Gasteiger partial charge in [-0.25, -0.2) is 4.39 Å². The molecule has 0 aliphatic heterocycles. The summed E-state index contributed by atoms with van der Waals surface area (Å²) in [4.78, 5) is 0.599. The van der Waals surface area contributed by atoms with Gasteiger partial charge < -0.3 is 0 Å². The molecule has 0 saturated carbocycles. The van der Waals surface area contributed by atoms with E-state index in [9.17, 15) is 4.39 Å². The van der Waals surface area contributed by atoms with Crippen molar-refractivity contribution in [3.8, 4) is 0 Å². The largest absolute Gasteiger partial charge is 0.204 e. The summed E-state index contributed by atoms with van der Waals surface area (Å²) in [6, 6.07) is 3.38. The molecule has 0 fully saturated rings.